The first kappa shape index (κ1) is 13.1. The van der Waals surface area contributed by atoms with Gasteiger partial charge >= 0.3 is 0 Å². The monoisotopic (exact) mass is 347 g/mol. The molecule has 0 saturated heterocycles. The lowest BCUT2D eigenvalue weighted by Gasteiger charge is -2.09. The molecule has 3 N–H and O–H groups in total. The van der Waals surface area contributed by atoms with Gasteiger partial charge in [-0.1, -0.05) is 0 Å². The van der Waals surface area contributed by atoms with Crippen molar-refractivity contribution in [3.8, 4) is 0 Å². The van der Waals surface area contributed by atoms with Gasteiger partial charge in [-0.15, -0.1) is 11.3 Å². The van der Waals surface area contributed by atoms with Gasteiger partial charge in [0.25, 0.3) is 5.91 Å². The van der Waals surface area contributed by atoms with Gasteiger partial charge in [-0.2, -0.15) is 0 Å². The Kier molecular flexibility index (Phi) is 3.42. The van der Waals surface area contributed by atoms with Gasteiger partial charge in [-0.3, -0.25) is 9.78 Å². The minimum Gasteiger partial charge on any atom is -0.397 e. The van der Waals surface area contributed by atoms with Gasteiger partial charge in [0.1, 0.15) is 4.88 Å². The number of aromatic nitrogens is 1. The lowest BCUT2D eigenvalue weighted by Crippen LogP contribution is -2.11. The minimum absolute atomic E-state index is 0.151. The van der Waals surface area contributed by atoms with Crippen LogP contribution in [-0.4, -0.2) is 10.9 Å². The number of fused-ring (bicyclic) bond motifs is 1. The zero-order valence-electron chi connectivity index (χ0n) is 10.3. The zero-order chi connectivity index (χ0) is 14.1. The van der Waals surface area contributed by atoms with Crippen molar-refractivity contribution in [1.82, 2.24) is 4.98 Å². The first-order valence-electron chi connectivity index (χ1n) is 5.84. The number of amides is 1. The Balaban J connectivity index is 2.02. The van der Waals surface area contributed by atoms with Crippen molar-refractivity contribution in [2.24, 2.45) is 0 Å². The summed E-state index contributed by atoms with van der Waals surface area (Å²) in [5.41, 5.74) is 7.88. The molecule has 20 heavy (non-hydrogen) atoms. The number of hydrogen-bond donors (Lipinski definition) is 2. The summed E-state index contributed by atoms with van der Waals surface area (Å²) in [6, 6.07) is 9.09. The number of thiophene rings is 1. The van der Waals surface area contributed by atoms with Crippen molar-refractivity contribution in [2.75, 3.05) is 11.1 Å². The summed E-state index contributed by atoms with van der Waals surface area (Å²) in [5, 5.41) is 5.59. The molecule has 2 aromatic heterocycles. The van der Waals surface area contributed by atoms with E-state index in [9.17, 15) is 4.79 Å². The molecule has 3 rings (SSSR count). The number of benzene rings is 1. The number of nitrogen functional groups attached to an aromatic ring is 1. The Morgan fingerprint density at radius 3 is 2.90 bits per heavy atom. The molecule has 4 nitrogen and oxygen atoms in total. The van der Waals surface area contributed by atoms with E-state index >= 15 is 0 Å². The summed E-state index contributed by atoms with van der Waals surface area (Å²) < 4.78 is 0.790. The fourth-order valence-corrected chi connectivity index (χ4v) is 3.38. The van der Waals surface area contributed by atoms with E-state index in [4.69, 9.17) is 5.73 Å². The molecule has 0 spiro atoms. The average molecular weight is 348 g/mol. The Morgan fingerprint density at radius 2 is 2.15 bits per heavy atom. The summed E-state index contributed by atoms with van der Waals surface area (Å²) in [7, 11) is 0. The van der Waals surface area contributed by atoms with E-state index in [1.807, 2.05) is 23.6 Å². The quantitative estimate of drug-likeness (QED) is 0.691. The highest BCUT2D eigenvalue weighted by Crippen LogP contribution is 2.28. The van der Waals surface area contributed by atoms with Crippen LogP contribution in [0.5, 0.6) is 0 Å². The SMILES string of the molecule is Nc1ccc(NC(=O)c2sccc2Br)c2cccnc12. The molecule has 0 unspecified atom stereocenters. The number of rotatable bonds is 2. The number of carbonyl (C=O) groups excluding carboxylic acids is 1. The lowest BCUT2D eigenvalue weighted by molar-refractivity contribution is 0.103. The Labute approximate surface area is 127 Å². The van der Waals surface area contributed by atoms with Crippen LogP contribution in [0.1, 0.15) is 9.67 Å². The molecule has 1 amide bonds. The number of pyridine rings is 1. The van der Waals surface area contributed by atoms with Crippen LogP contribution in [0.15, 0.2) is 46.4 Å². The van der Waals surface area contributed by atoms with Gasteiger partial charge in [0.15, 0.2) is 0 Å². The number of nitrogens with zero attached hydrogens (tertiary/aromatic N) is 1. The second-order valence-corrected chi connectivity index (χ2v) is 5.92. The summed E-state index contributed by atoms with van der Waals surface area (Å²) in [6.07, 6.45) is 1.68. The molecule has 1 aromatic carbocycles. The molecular weight excluding hydrogens is 338 g/mol. The topological polar surface area (TPSA) is 68.0 Å². The largest absolute Gasteiger partial charge is 0.397 e. The van der Waals surface area contributed by atoms with Crippen molar-refractivity contribution in [2.45, 2.75) is 0 Å². The van der Waals surface area contributed by atoms with Crippen molar-refractivity contribution in [3.63, 3.8) is 0 Å². The molecule has 0 atom stereocenters. The maximum atomic E-state index is 12.2. The van der Waals surface area contributed by atoms with Crippen LogP contribution < -0.4 is 11.1 Å². The van der Waals surface area contributed by atoms with Crippen molar-refractivity contribution < 1.29 is 4.79 Å². The zero-order valence-corrected chi connectivity index (χ0v) is 12.7. The molecule has 0 radical (unpaired) electrons. The normalized spacial score (nSPS) is 10.7. The number of halogens is 1. The van der Waals surface area contributed by atoms with E-state index in [1.54, 1.807) is 18.3 Å². The van der Waals surface area contributed by atoms with Crippen LogP contribution in [0.3, 0.4) is 0 Å². The van der Waals surface area contributed by atoms with Crippen LogP contribution in [0.2, 0.25) is 0 Å². The summed E-state index contributed by atoms with van der Waals surface area (Å²) in [5.74, 6) is -0.151. The van der Waals surface area contributed by atoms with Gasteiger partial charge in [0.05, 0.1) is 16.9 Å². The molecule has 0 fully saturated rings. The van der Waals surface area contributed by atoms with E-state index in [0.717, 1.165) is 9.86 Å². The highest BCUT2D eigenvalue weighted by atomic mass is 79.9. The highest BCUT2D eigenvalue weighted by molar-refractivity contribution is 9.10. The third-order valence-electron chi connectivity index (χ3n) is 2.87. The second kappa shape index (κ2) is 5.22. The van der Waals surface area contributed by atoms with Crippen molar-refractivity contribution >= 4 is 55.5 Å². The third kappa shape index (κ3) is 2.28. The molecular formula is C14H10BrN3OS. The smallest absolute Gasteiger partial charge is 0.266 e. The number of anilines is 2. The van der Waals surface area contributed by atoms with Crippen LogP contribution in [-0.2, 0) is 0 Å². The van der Waals surface area contributed by atoms with Gasteiger partial charge < -0.3 is 11.1 Å². The molecule has 0 aliphatic rings. The minimum atomic E-state index is -0.151. The summed E-state index contributed by atoms with van der Waals surface area (Å²) in [6.45, 7) is 0. The van der Waals surface area contributed by atoms with E-state index in [0.29, 0.717) is 21.8 Å². The van der Waals surface area contributed by atoms with Crippen LogP contribution in [0.4, 0.5) is 11.4 Å². The highest BCUT2D eigenvalue weighted by Gasteiger charge is 2.13. The maximum absolute atomic E-state index is 12.2. The number of nitrogens with one attached hydrogen (secondary N) is 1. The standard InChI is InChI=1S/C14H10BrN3OS/c15-9-5-7-20-13(9)14(19)18-11-4-3-10(16)12-8(11)2-1-6-17-12/h1-7H,16H2,(H,18,19). The van der Waals surface area contributed by atoms with E-state index in [-0.39, 0.29) is 5.91 Å². The van der Waals surface area contributed by atoms with Gasteiger partial charge in [-0.05, 0) is 51.6 Å². The lowest BCUT2D eigenvalue weighted by atomic mass is 10.1. The third-order valence-corrected chi connectivity index (χ3v) is 4.71. The molecule has 2 heterocycles. The Morgan fingerprint density at radius 1 is 1.30 bits per heavy atom. The van der Waals surface area contributed by atoms with Gasteiger partial charge in [0, 0.05) is 16.1 Å². The number of nitrogens with two attached hydrogens (primary N) is 1. The van der Waals surface area contributed by atoms with Gasteiger partial charge in [0.2, 0.25) is 0 Å². The first-order chi connectivity index (χ1) is 9.66. The van der Waals surface area contributed by atoms with Crippen molar-refractivity contribution in [1.29, 1.82) is 0 Å². The fraction of sp³-hybridized carbons (Fsp3) is 0. The molecule has 3 aromatic rings. The average Bonchev–Trinajstić information content (AvgIpc) is 2.88. The Bertz CT molecular complexity index is 800. The van der Waals surface area contributed by atoms with E-state index < -0.39 is 0 Å². The Hall–Kier alpha value is -1.92. The summed E-state index contributed by atoms with van der Waals surface area (Å²) in [4.78, 5) is 17.1. The number of carbonyl (C=O) groups is 1. The predicted molar refractivity (Wildman–Crippen MR) is 86.1 cm³/mol. The van der Waals surface area contributed by atoms with Crippen LogP contribution in [0.25, 0.3) is 10.9 Å². The maximum Gasteiger partial charge on any atom is 0.266 e. The first-order valence-corrected chi connectivity index (χ1v) is 7.51. The van der Waals surface area contributed by atoms with E-state index in [1.165, 1.54) is 11.3 Å². The second-order valence-electron chi connectivity index (χ2n) is 4.15. The molecule has 100 valence electrons. The molecule has 0 saturated carbocycles. The molecule has 6 heteroatoms. The molecule has 0 aliphatic heterocycles. The number of hydrogen-bond acceptors (Lipinski definition) is 4. The van der Waals surface area contributed by atoms with Gasteiger partial charge in [-0.25, -0.2) is 0 Å². The van der Waals surface area contributed by atoms with Crippen LogP contribution in [0, 0.1) is 0 Å². The van der Waals surface area contributed by atoms with E-state index in [2.05, 4.69) is 26.2 Å². The molecule has 0 aliphatic carbocycles. The summed E-state index contributed by atoms with van der Waals surface area (Å²) >= 11 is 4.75. The van der Waals surface area contributed by atoms with Crippen LogP contribution >= 0.6 is 27.3 Å². The molecule has 0 bridgehead atoms. The fourth-order valence-electron chi connectivity index (χ4n) is 1.94. The van der Waals surface area contributed by atoms with Crippen molar-refractivity contribution in [3.05, 3.63) is 51.3 Å². The predicted octanol–water partition coefficient (Wildman–Crippen LogP) is 3.89.